The zero-order chi connectivity index (χ0) is 12.1. The first-order chi connectivity index (χ1) is 8.29. The summed E-state index contributed by atoms with van der Waals surface area (Å²) in [5, 5.41) is 4.04. The lowest BCUT2D eigenvalue weighted by Crippen LogP contribution is -2.38. The molecule has 0 unspecified atom stereocenters. The van der Waals surface area contributed by atoms with Gasteiger partial charge in [-0.15, -0.1) is 5.10 Å². The summed E-state index contributed by atoms with van der Waals surface area (Å²) < 4.78 is 11.5. The molecule has 1 aromatic heterocycles. The molecule has 0 aromatic carbocycles. The molecule has 1 aliphatic heterocycles. The van der Waals surface area contributed by atoms with Gasteiger partial charge in [-0.05, 0) is 0 Å². The second-order valence-corrected chi connectivity index (χ2v) is 3.78. The molecule has 94 valence electrons. The lowest BCUT2D eigenvalue weighted by Gasteiger charge is -2.26. The molecule has 1 aromatic rings. The standard InChI is InChI=1S/C10H16N4O3/c1-16-10(15)9-11-8-14(12-9)3-2-13-4-6-17-7-5-13/h8H,2-7H2,1H3. The highest BCUT2D eigenvalue weighted by atomic mass is 16.5. The molecule has 1 aliphatic rings. The third kappa shape index (κ3) is 3.24. The molecule has 1 fully saturated rings. The second-order valence-electron chi connectivity index (χ2n) is 3.78. The fraction of sp³-hybridized carbons (Fsp3) is 0.700. The van der Waals surface area contributed by atoms with Gasteiger partial charge in [0.1, 0.15) is 6.33 Å². The SMILES string of the molecule is COC(=O)c1ncn(CCN2CCOCC2)n1. The number of carbonyl (C=O) groups excluding carboxylic acids is 1. The van der Waals surface area contributed by atoms with Crippen LogP contribution in [0.25, 0.3) is 0 Å². The van der Waals surface area contributed by atoms with Crippen LogP contribution in [0.15, 0.2) is 6.33 Å². The third-order valence-electron chi connectivity index (χ3n) is 2.65. The fourth-order valence-electron chi connectivity index (χ4n) is 1.66. The molecule has 2 rings (SSSR count). The average Bonchev–Trinajstić information content (AvgIpc) is 2.85. The van der Waals surface area contributed by atoms with Crippen molar-refractivity contribution < 1.29 is 14.3 Å². The van der Waals surface area contributed by atoms with Gasteiger partial charge < -0.3 is 9.47 Å². The minimum Gasteiger partial charge on any atom is -0.463 e. The largest absolute Gasteiger partial charge is 0.463 e. The van der Waals surface area contributed by atoms with Gasteiger partial charge in [-0.25, -0.2) is 9.78 Å². The maximum atomic E-state index is 11.1. The van der Waals surface area contributed by atoms with Crippen LogP contribution in [0.3, 0.4) is 0 Å². The Balaban J connectivity index is 1.82. The number of morpholine rings is 1. The highest BCUT2D eigenvalue weighted by Crippen LogP contribution is 1.98. The Morgan fingerprint density at radius 1 is 1.47 bits per heavy atom. The first-order valence-electron chi connectivity index (χ1n) is 5.57. The van der Waals surface area contributed by atoms with E-state index in [1.807, 2.05) is 0 Å². The summed E-state index contributed by atoms with van der Waals surface area (Å²) in [6.07, 6.45) is 1.55. The van der Waals surface area contributed by atoms with Gasteiger partial charge in [-0.3, -0.25) is 9.58 Å². The van der Waals surface area contributed by atoms with E-state index in [2.05, 4.69) is 19.7 Å². The van der Waals surface area contributed by atoms with Crippen molar-refractivity contribution in [3.63, 3.8) is 0 Å². The molecule has 0 atom stereocenters. The van der Waals surface area contributed by atoms with Gasteiger partial charge in [0.05, 0.1) is 26.9 Å². The molecule has 7 heteroatoms. The molecule has 2 heterocycles. The van der Waals surface area contributed by atoms with Gasteiger partial charge in [0.2, 0.25) is 0 Å². The van der Waals surface area contributed by atoms with Gasteiger partial charge in [-0.2, -0.15) is 0 Å². The maximum Gasteiger partial charge on any atom is 0.377 e. The van der Waals surface area contributed by atoms with E-state index in [1.165, 1.54) is 7.11 Å². The Morgan fingerprint density at radius 3 is 2.94 bits per heavy atom. The van der Waals surface area contributed by atoms with Crippen molar-refractivity contribution in [3.05, 3.63) is 12.2 Å². The topological polar surface area (TPSA) is 69.5 Å². The van der Waals surface area contributed by atoms with Gasteiger partial charge in [-0.1, -0.05) is 0 Å². The molecule has 0 radical (unpaired) electrons. The Kier molecular flexibility index (Phi) is 4.05. The van der Waals surface area contributed by atoms with Gasteiger partial charge >= 0.3 is 5.97 Å². The molecule has 0 N–H and O–H groups in total. The van der Waals surface area contributed by atoms with Crippen LogP contribution in [0.2, 0.25) is 0 Å². The molecule has 0 aliphatic carbocycles. The van der Waals surface area contributed by atoms with E-state index in [-0.39, 0.29) is 5.82 Å². The summed E-state index contributed by atoms with van der Waals surface area (Å²) in [6, 6.07) is 0. The summed E-state index contributed by atoms with van der Waals surface area (Å²) in [5.41, 5.74) is 0. The molecule has 0 amide bonds. The van der Waals surface area contributed by atoms with Crippen molar-refractivity contribution in [2.45, 2.75) is 6.54 Å². The first kappa shape index (κ1) is 12.0. The van der Waals surface area contributed by atoms with Crippen LogP contribution >= 0.6 is 0 Å². The van der Waals surface area contributed by atoms with E-state index in [0.29, 0.717) is 6.54 Å². The summed E-state index contributed by atoms with van der Waals surface area (Å²) in [5.74, 6) is -0.399. The quantitative estimate of drug-likeness (QED) is 0.654. The molecular formula is C10H16N4O3. The van der Waals surface area contributed by atoms with E-state index in [1.54, 1.807) is 11.0 Å². The van der Waals surface area contributed by atoms with E-state index >= 15 is 0 Å². The van der Waals surface area contributed by atoms with E-state index in [0.717, 1.165) is 32.8 Å². The van der Waals surface area contributed by atoms with E-state index in [9.17, 15) is 4.79 Å². The van der Waals surface area contributed by atoms with Crippen molar-refractivity contribution in [2.75, 3.05) is 40.0 Å². The van der Waals surface area contributed by atoms with Gasteiger partial charge in [0, 0.05) is 19.6 Å². The van der Waals surface area contributed by atoms with E-state index < -0.39 is 5.97 Å². The van der Waals surface area contributed by atoms with Crippen molar-refractivity contribution >= 4 is 5.97 Å². The van der Waals surface area contributed by atoms with Gasteiger partial charge in [0.15, 0.2) is 0 Å². The number of carbonyl (C=O) groups is 1. The van der Waals surface area contributed by atoms with Crippen LogP contribution in [-0.4, -0.2) is 65.6 Å². The minimum absolute atomic E-state index is 0.106. The van der Waals surface area contributed by atoms with Crippen LogP contribution < -0.4 is 0 Å². The van der Waals surface area contributed by atoms with Crippen LogP contribution in [0.5, 0.6) is 0 Å². The summed E-state index contributed by atoms with van der Waals surface area (Å²) >= 11 is 0. The first-order valence-corrected chi connectivity index (χ1v) is 5.57. The lowest BCUT2D eigenvalue weighted by molar-refractivity contribution is 0.0359. The lowest BCUT2D eigenvalue weighted by atomic mass is 10.4. The number of esters is 1. The molecular weight excluding hydrogens is 224 g/mol. The Morgan fingerprint density at radius 2 is 2.24 bits per heavy atom. The summed E-state index contributed by atoms with van der Waals surface area (Å²) in [6.45, 7) is 5.05. The molecule has 7 nitrogen and oxygen atoms in total. The van der Waals surface area contributed by atoms with Crippen LogP contribution in [-0.2, 0) is 16.0 Å². The van der Waals surface area contributed by atoms with Crippen molar-refractivity contribution in [1.82, 2.24) is 19.7 Å². The molecule has 17 heavy (non-hydrogen) atoms. The van der Waals surface area contributed by atoms with Crippen molar-refractivity contribution in [1.29, 1.82) is 0 Å². The third-order valence-corrected chi connectivity index (χ3v) is 2.65. The fourth-order valence-corrected chi connectivity index (χ4v) is 1.66. The number of nitrogens with zero attached hydrogens (tertiary/aromatic N) is 4. The highest BCUT2D eigenvalue weighted by molar-refractivity contribution is 5.84. The highest BCUT2D eigenvalue weighted by Gasteiger charge is 2.13. The predicted molar refractivity (Wildman–Crippen MR) is 58.6 cm³/mol. The normalized spacial score (nSPS) is 17.0. The average molecular weight is 240 g/mol. The predicted octanol–water partition coefficient (Wildman–Crippen LogP) is -0.603. The Bertz CT molecular complexity index is 373. The molecule has 0 spiro atoms. The summed E-state index contributed by atoms with van der Waals surface area (Å²) in [7, 11) is 1.32. The Labute approximate surface area is 99.3 Å². The van der Waals surface area contributed by atoms with Crippen LogP contribution in [0, 0.1) is 0 Å². The minimum atomic E-state index is -0.505. The second kappa shape index (κ2) is 5.74. The number of ether oxygens (including phenoxy) is 2. The van der Waals surface area contributed by atoms with Crippen LogP contribution in [0.1, 0.15) is 10.6 Å². The Hall–Kier alpha value is -1.47. The monoisotopic (exact) mass is 240 g/mol. The van der Waals surface area contributed by atoms with Crippen LogP contribution in [0.4, 0.5) is 0 Å². The number of methoxy groups -OCH3 is 1. The maximum absolute atomic E-state index is 11.1. The van der Waals surface area contributed by atoms with E-state index in [4.69, 9.17) is 4.74 Å². The number of aromatic nitrogens is 3. The number of hydrogen-bond acceptors (Lipinski definition) is 6. The molecule has 0 bridgehead atoms. The number of rotatable bonds is 4. The number of hydrogen-bond donors (Lipinski definition) is 0. The zero-order valence-corrected chi connectivity index (χ0v) is 9.83. The van der Waals surface area contributed by atoms with Gasteiger partial charge in [0.25, 0.3) is 5.82 Å². The summed E-state index contributed by atoms with van der Waals surface area (Å²) in [4.78, 5) is 17.3. The van der Waals surface area contributed by atoms with Crippen molar-refractivity contribution in [3.8, 4) is 0 Å². The molecule has 0 saturated carbocycles. The smallest absolute Gasteiger partial charge is 0.377 e. The molecule has 1 saturated heterocycles. The van der Waals surface area contributed by atoms with Crippen molar-refractivity contribution in [2.24, 2.45) is 0 Å². The zero-order valence-electron chi connectivity index (χ0n) is 9.83.